The van der Waals surface area contributed by atoms with E-state index in [-0.39, 0.29) is 9.92 Å². The van der Waals surface area contributed by atoms with Crippen LogP contribution in [0.25, 0.3) is 0 Å². The van der Waals surface area contributed by atoms with Crippen molar-refractivity contribution in [1.82, 2.24) is 19.6 Å². The number of aromatic nitrogens is 2. The minimum Gasteiger partial charge on any atom is -0.492 e. The average molecular weight is 415 g/mol. The highest BCUT2D eigenvalue weighted by Crippen LogP contribution is 2.27. The molecule has 1 aromatic carbocycles. The van der Waals surface area contributed by atoms with Crippen molar-refractivity contribution in [2.24, 2.45) is 0 Å². The van der Waals surface area contributed by atoms with Crippen LogP contribution in [0.2, 0.25) is 5.02 Å². The molecule has 10 heteroatoms. The smallest absolute Gasteiger partial charge is 0.241 e. The highest BCUT2D eigenvalue weighted by Gasteiger charge is 2.22. The molecule has 2 rings (SSSR count). The third kappa shape index (κ3) is 6.23. The number of carbonyl (C=O) groups excluding carboxylic acids is 1. The van der Waals surface area contributed by atoms with Crippen LogP contribution >= 0.6 is 11.6 Å². The topological polar surface area (TPSA) is 102 Å². The highest BCUT2D eigenvalue weighted by molar-refractivity contribution is 7.89. The Balaban J connectivity index is 1.87. The number of hydrogen-bond acceptors (Lipinski definition) is 5. The van der Waals surface area contributed by atoms with Gasteiger partial charge in [0, 0.05) is 25.5 Å². The van der Waals surface area contributed by atoms with Crippen LogP contribution in [-0.4, -0.2) is 43.1 Å². The van der Waals surface area contributed by atoms with Crippen LogP contribution in [0.3, 0.4) is 0 Å². The van der Waals surface area contributed by atoms with Crippen molar-refractivity contribution >= 4 is 27.5 Å². The Morgan fingerprint density at radius 1 is 1.41 bits per heavy atom. The van der Waals surface area contributed by atoms with Gasteiger partial charge in [-0.3, -0.25) is 4.79 Å². The number of ether oxygens (including phenoxy) is 1. The van der Waals surface area contributed by atoms with Gasteiger partial charge >= 0.3 is 0 Å². The molecule has 148 valence electrons. The number of aryl methyl sites for hydroxylation is 1. The van der Waals surface area contributed by atoms with Crippen LogP contribution in [0.15, 0.2) is 41.8 Å². The van der Waals surface area contributed by atoms with Gasteiger partial charge in [0.05, 0.1) is 28.9 Å². The van der Waals surface area contributed by atoms with Crippen molar-refractivity contribution < 1.29 is 17.9 Å². The summed E-state index contributed by atoms with van der Waals surface area (Å²) in [5.74, 6) is 0.00281. The zero-order chi connectivity index (χ0) is 19.9. The average Bonchev–Trinajstić information content (AvgIpc) is 3.13. The zero-order valence-corrected chi connectivity index (χ0v) is 16.8. The van der Waals surface area contributed by atoms with Gasteiger partial charge in [-0.15, -0.1) is 0 Å². The first-order valence-electron chi connectivity index (χ1n) is 8.51. The summed E-state index contributed by atoms with van der Waals surface area (Å²) in [4.78, 5) is 16.0. The molecule has 0 bridgehead atoms. The highest BCUT2D eigenvalue weighted by atomic mass is 35.5. The Morgan fingerprint density at radius 3 is 2.81 bits per heavy atom. The van der Waals surface area contributed by atoms with Crippen molar-refractivity contribution in [2.75, 3.05) is 13.2 Å². The largest absolute Gasteiger partial charge is 0.492 e. The summed E-state index contributed by atoms with van der Waals surface area (Å²) >= 11 is 6.04. The molecule has 2 aromatic rings. The fourth-order valence-electron chi connectivity index (χ4n) is 2.32. The van der Waals surface area contributed by atoms with Gasteiger partial charge in [0.2, 0.25) is 15.9 Å². The molecule has 2 N–H and O–H groups in total. The summed E-state index contributed by atoms with van der Waals surface area (Å²) in [6.07, 6.45) is 5.92. The Hall–Kier alpha value is -2.10. The maximum absolute atomic E-state index is 12.5. The lowest BCUT2D eigenvalue weighted by Gasteiger charge is -2.15. The van der Waals surface area contributed by atoms with E-state index in [1.165, 1.54) is 25.1 Å². The van der Waals surface area contributed by atoms with Gasteiger partial charge in [0.15, 0.2) is 0 Å². The SMILES string of the molecule is CCOc1ccc(S(=O)(=O)N[C@@H](C)C(=O)NCCCn2ccnc2)cc1Cl. The van der Waals surface area contributed by atoms with Crippen molar-refractivity contribution in [3.63, 3.8) is 0 Å². The van der Waals surface area contributed by atoms with E-state index in [9.17, 15) is 13.2 Å². The molecule has 1 heterocycles. The number of nitrogens with one attached hydrogen (secondary N) is 2. The minimum absolute atomic E-state index is 0.0317. The molecule has 0 unspecified atom stereocenters. The zero-order valence-electron chi connectivity index (χ0n) is 15.2. The fraction of sp³-hybridized carbons (Fsp3) is 0.412. The quantitative estimate of drug-likeness (QED) is 0.577. The molecule has 0 radical (unpaired) electrons. The maximum atomic E-state index is 12.5. The Bertz CT molecular complexity index is 856. The Morgan fingerprint density at radius 2 is 2.19 bits per heavy atom. The molecule has 0 aliphatic carbocycles. The van der Waals surface area contributed by atoms with Crippen LogP contribution in [-0.2, 0) is 21.4 Å². The predicted octanol–water partition coefficient (Wildman–Crippen LogP) is 1.81. The lowest BCUT2D eigenvalue weighted by Crippen LogP contribution is -2.45. The second-order valence-corrected chi connectivity index (χ2v) is 7.93. The van der Waals surface area contributed by atoms with Crippen LogP contribution in [0.1, 0.15) is 20.3 Å². The van der Waals surface area contributed by atoms with Crippen molar-refractivity contribution in [3.8, 4) is 5.75 Å². The Labute approximate surface area is 163 Å². The first kappa shape index (κ1) is 21.2. The summed E-state index contributed by atoms with van der Waals surface area (Å²) in [6, 6.07) is 3.24. The van der Waals surface area contributed by atoms with Crippen molar-refractivity contribution in [1.29, 1.82) is 0 Å². The van der Waals surface area contributed by atoms with Gasteiger partial charge in [-0.05, 0) is 38.5 Å². The number of imidazole rings is 1. The third-order valence-corrected chi connectivity index (χ3v) is 5.52. The summed E-state index contributed by atoms with van der Waals surface area (Å²) in [5.41, 5.74) is 0. The summed E-state index contributed by atoms with van der Waals surface area (Å²) in [5, 5.41) is 2.90. The predicted molar refractivity (Wildman–Crippen MR) is 102 cm³/mol. The van der Waals surface area contributed by atoms with Crippen LogP contribution < -0.4 is 14.8 Å². The van der Waals surface area contributed by atoms with Crippen LogP contribution in [0.4, 0.5) is 0 Å². The number of halogens is 1. The van der Waals surface area contributed by atoms with Crippen molar-refractivity contribution in [2.45, 2.75) is 37.8 Å². The monoisotopic (exact) mass is 414 g/mol. The molecule has 0 saturated heterocycles. The molecule has 0 fully saturated rings. The number of benzene rings is 1. The number of nitrogens with zero attached hydrogens (tertiary/aromatic N) is 2. The molecule has 1 atom stereocenters. The molecule has 0 spiro atoms. The first-order chi connectivity index (χ1) is 12.8. The number of amides is 1. The molecule has 1 aromatic heterocycles. The van der Waals surface area contributed by atoms with Gasteiger partial charge in [0.1, 0.15) is 5.75 Å². The van der Waals surface area contributed by atoms with E-state index >= 15 is 0 Å². The van der Waals surface area contributed by atoms with E-state index in [1.54, 1.807) is 19.4 Å². The van der Waals surface area contributed by atoms with E-state index < -0.39 is 22.0 Å². The van der Waals surface area contributed by atoms with Gasteiger partial charge in [-0.1, -0.05) is 11.6 Å². The second kappa shape index (κ2) is 9.72. The van der Waals surface area contributed by atoms with Crippen molar-refractivity contribution in [3.05, 3.63) is 41.9 Å². The van der Waals surface area contributed by atoms with E-state index in [0.717, 1.165) is 0 Å². The molecule has 0 saturated carbocycles. The molecule has 0 aliphatic heterocycles. The summed E-state index contributed by atoms with van der Waals surface area (Å²) in [7, 11) is -3.89. The molecule has 27 heavy (non-hydrogen) atoms. The number of rotatable bonds is 10. The van der Waals surface area contributed by atoms with Gasteiger partial charge in [-0.25, -0.2) is 13.4 Å². The molecule has 0 aliphatic rings. The van der Waals surface area contributed by atoms with Gasteiger partial charge in [0.25, 0.3) is 0 Å². The lowest BCUT2D eigenvalue weighted by atomic mass is 10.3. The lowest BCUT2D eigenvalue weighted by molar-refractivity contribution is -0.122. The Kier molecular flexibility index (Phi) is 7.64. The second-order valence-electron chi connectivity index (χ2n) is 5.81. The normalized spacial score (nSPS) is 12.6. The molecule has 1 amide bonds. The van der Waals surface area contributed by atoms with Gasteiger partial charge in [-0.2, -0.15) is 4.72 Å². The number of carbonyl (C=O) groups is 1. The maximum Gasteiger partial charge on any atom is 0.241 e. The van der Waals surface area contributed by atoms with E-state index in [2.05, 4.69) is 15.0 Å². The standard InChI is InChI=1S/C17H23ClN4O4S/c1-3-26-16-6-5-14(11-15(16)18)27(24,25)21-13(2)17(23)20-7-4-9-22-10-8-19-12-22/h5-6,8,10-13,21H,3-4,7,9H2,1-2H3,(H,20,23)/t13-/m0/s1. The van der Waals surface area contributed by atoms with Crippen LogP contribution in [0.5, 0.6) is 5.75 Å². The molecular formula is C17H23ClN4O4S. The third-order valence-electron chi connectivity index (χ3n) is 3.69. The summed E-state index contributed by atoms with van der Waals surface area (Å²) < 4.78 is 34.4. The fourth-order valence-corrected chi connectivity index (χ4v) is 3.85. The minimum atomic E-state index is -3.89. The summed E-state index contributed by atoms with van der Waals surface area (Å²) in [6.45, 7) is 4.85. The van der Waals surface area contributed by atoms with E-state index in [4.69, 9.17) is 16.3 Å². The number of sulfonamides is 1. The first-order valence-corrected chi connectivity index (χ1v) is 10.4. The van der Waals surface area contributed by atoms with E-state index in [0.29, 0.717) is 31.9 Å². The van der Waals surface area contributed by atoms with Gasteiger partial charge < -0.3 is 14.6 Å². The van der Waals surface area contributed by atoms with E-state index in [1.807, 2.05) is 10.8 Å². The molecular weight excluding hydrogens is 392 g/mol. The molecule has 8 nitrogen and oxygen atoms in total. The van der Waals surface area contributed by atoms with Crippen LogP contribution in [0, 0.1) is 0 Å². The number of hydrogen-bond donors (Lipinski definition) is 2.